The number of rotatable bonds is 2. The van der Waals surface area contributed by atoms with Crippen molar-refractivity contribution in [1.82, 2.24) is 4.98 Å². The summed E-state index contributed by atoms with van der Waals surface area (Å²) < 4.78 is 16.7. The van der Waals surface area contributed by atoms with E-state index in [-0.39, 0.29) is 0 Å². The van der Waals surface area contributed by atoms with E-state index in [9.17, 15) is 4.79 Å². The fourth-order valence-corrected chi connectivity index (χ4v) is 1.92. The summed E-state index contributed by atoms with van der Waals surface area (Å²) in [6.07, 6.45) is 1.16. The Morgan fingerprint density at radius 2 is 2.04 bits per heavy atom. The van der Waals surface area contributed by atoms with Crippen molar-refractivity contribution in [2.75, 3.05) is 11.9 Å². The van der Waals surface area contributed by atoms with Crippen molar-refractivity contribution in [3.8, 4) is 0 Å². The smallest absolute Gasteiger partial charge is 0.534 e. The SMILES string of the molecule is C=C1OB(c2ccc(N(C)C(=O)OC(C)(C)C)nc2)OC1(C)C. The highest BCUT2D eigenvalue weighted by molar-refractivity contribution is 6.62. The second kappa shape index (κ2) is 5.89. The van der Waals surface area contributed by atoms with Gasteiger partial charge in [-0.1, -0.05) is 12.6 Å². The summed E-state index contributed by atoms with van der Waals surface area (Å²) in [7, 11) is 1.08. The van der Waals surface area contributed by atoms with Crippen molar-refractivity contribution in [1.29, 1.82) is 0 Å². The van der Waals surface area contributed by atoms with Gasteiger partial charge >= 0.3 is 13.2 Å². The van der Waals surface area contributed by atoms with Crippen LogP contribution in [-0.4, -0.2) is 36.4 Å². The minimum Gasteiger partial charge on any atom is -0.534 e. The molecule has 0 bridgehead atoms. The lowest BCUT2D eigenvalue weighted by molar-refractivity contribution is 0.0588. The molecule has 0 aliphatic carbocycles. The number of carbonyl (C=O) groups is 1. The molecular weight excluding hydrogens is 295 g/mol. The molecule has 0 unspecified atom stereocenters. The molecule has 6 nitrogen and oxygen atoms in total. The Balaban J connectivity index is 2.08. The molecule has 1 aliphatic rings. The van der Waals surface area contributed by atoms with E-state index in [1.807, 2.05) is 40.7 Å². The average Bonchev–Trinajstić information content (AvgIpc) is 2.70. The summed E-state index contributed by atoms with van der Waals surface area (Å²) in [5, 5.41) is 0. The maximum Gasteiger partial charge on any atom is 0.564 e. The van der Waals surface area contributed by atoms with E-state index in [4.69, 9.17) is 14.0 Å². The molecule has 1 aromatic rings. The van der Waals surface area contributed by atoms with Crippen LogP contribution in [0.2, 0.25) is 0 Å². The predicted molar refractivity (Wildman–Crippen MR) is 89.7 cm³/mol. The van der Waals surface area contributed by atoms with Gasteiger partial charge in [0.15, 0.2) is 0 Å². The summed E-state index contributed by atoms with van der Waals surface area (Å²) in [6, 6.07) is 3.53. The van der Waals surface area contributed by atoms with Crippen LogP contribution in [0.1, 0.15) is 34.6 Å². The van der Waals surface area contributed by atoms with E-state index in [1.54, 1.807) is 19.3 Å². The Bertz CT molecular complexity index is 608. The maximum atomic E-state index is 12.0. The third-order valence-electron chi connectivity index (χ3n) is 3.38. The van der Waals surface area contributed by atoms with Gasteiger partial charge in [-0.2, -0.15) is 0 Å². The lowest BCUT2D eigenvalue weighted by atomic mass is 9.80. The van der Waals surface area contributed by atoms with Gasteiger partial charge in [-0.15, -0.1) is 0 Å². The fraction of sp³-hybridized carbons (Fsp3) is 0.500. The highest BCUT2D eigenvalue weighted by atomic mass is 16.7. The molecule has 0 N–H and O–H groups in total. The number of carbonyl (C=O) groups excluding carboxylic acids is 1. The molecule has 0 spiro atoms. The van der Waals surface area contributed by atoms with Crippen molar-refractivity contribution < 1.29 is 18.8 Å². The zero-order valence-electron chi connectivity index (χ0n) is 14.5. The average molecular weight is 318 g/mol. The third-order valence-corrected chi connectivity index (χ3v) is 3.38. The van der Waals surface area contributed by atoms with Crippen LogP contribution in [0.3, 0.4) is 0 Å². The zero-order valence-corrected chi connectivity index (χ0v) is 14.5. The summed E-state index contributed by atoms with van der Waals surface area (Å²) in [5.41, 5.74) is -0.322. The monoisotopic (exact) mass is 318 g/mol. The van der Waals surface area contributed by atoms with Crippen LogP contribution in [0.25, 0.3) is 0 Å². The van der Waals surface area contributed by atoms with E-state index in [1.165, 1.54) is 4.90 Å². The van der Waals surface area contributed by atoms with E-state index in [0.717, 1.165) is 5.46 Å². The van der Waals surface area contributed by atoms with Crippen molar-refractivity contribution >= 4 is 24.5 Å². The first kappa shape index (κ1) is 17.3. The predicted octanol–water partition coefficient (Wildman–Crippen LogP) is 2.49. The normalized spacial score (nSPS) is 17.0. The number of anilines is 1. The molecule has 0 atom stereocenters. The highest BCUT2D eigenvalue weighted by Crippen LogP contribution is 2.29. The number of ether oxygens (including phenoxy) is 1. The van der Waals surface area contributed by atoms with Crippen molar-refractivity contribution in [3.05, 3.63) is 30.7 Å². The third kappa shape index (κ3) is 4.04. The summed E-state index contributed by atoms with van der Waals surface area (Å²) in [5.74, 6) is 1.07. The lowest BCUT2D eigenvalue weighted by Gasteiger charge is -2.24. The number of hydrogen-bond acceptors (Lipinski definition) is 5. The molecule has 0 radical (unpaired) electrons. The lowest BCUT2D eigenvalue weighted by Crippen LogP contribution is -2.36. The minimum atomic E-state index is -0.553. The molecule has 0 aromatic carbocycles. The summed E-state index contributed by atoms with van der Waals surface area (Å²) >= 11 is 0. The largest absolute Gasteiger partial charge is 0.564 e. The van der Waals surface area contributed by atoms with Gasteiger partial charge in [-0.25, -0.2) is 9.78 Å². The van der Waals surface area contributed by atoms with Gasteiger partial charge < -0.3 is 14.0 Å². The number of pyridine rings is 1. The molecular formula is C16H23BN2O4. The fourth-order valence-electron chi connectivity index (χ4n) is 1.92. The second-order valence-electron chi connectivity index (χ2n) is 6.99. The number of nitrogens with zero attached hydrogens (tertiary/aromatic N) is 2. The van der Waals surface area contributed by atoms with Crippen LogP contribution in [-0.2, 0) is 14.0 Å². The molecule has 1 fully saturated rings. The molecule has 23 heavy (non-hydrogen) atoms. The quantitative estimate of drug-likeness (QED) is 0.784. The van der Waals surface area contributed by atoms with Crippen LogP contribution in [0.5, 0.6) is 0 Å². The second-order valence-corrected chi connectivity index (χ2v) is 6.99. The van der Waals surface area contributed by atoms with Crippen LogP contribution < -0.4 is 10.4 Å². The van der Waals surface area contributed by atoms with Crippen LogP contribution in [0, 0.1) is 0 Å². The topological polar surface area (TPSA) is 60.9 Å². The first-order valence-corrected chi connectivity index (χ1v) is 7.46. The highest BCUT2D eigenvalue weighted by Gasteiger charge is 2.43. The molecule has 1 amide bonds. The van der Waals surface area contributed by atoms with Crippen molar-refractivity contribution in [2.24, 2.45) is 0 Å². The Morgan fingerprint density at radius 1 is 1.39 bits per heavy atom. The Hall–Kier alpha value is -2.02. The Labute approximate surface area is 137 Å². The number of aromatic nitrogens is 1. The molecule has 7 heteroatoms. The zero-order chi connectivity index (χ0) is 17.4. The van der Waals surface area contributed by atoms with Crippen LogP contribution in [0.4, 0.5) is 10.6 Å². The van der Waals surface area contributed by atoms with Gasteiger partial charge in [-0.3, -0.25) is 4.90 Å². The van der Waals surface area contributed by atoms with Crippen LogP contribution >= 0.6 is 0 Å². The summed E-state index contributed by atoms with van der Waals surface area (Å²) in [6.45, 7) is 13.1. The minimum absolute atomic E-state index is 0.458. The van der Waals surface area contributed by atoms with Crippen LogP contribution in [0.15, 0.2) is 30.7 Å². The first-order valence-electron chi connectivity index (χ1n) is 7.46. The van der Waals surface area contributed by atoms with Crippen molar-refractivity contribution in [2.45, 2.75) is 45.8 Å². The Morgan fingerprint density at radius 3 is 2.48 bits per heavy atom. The maximum absolute atomic E-state index is 12.0. The summed E-state index contributed by atoms with van der Waals surface area (Å²) in [4.78, 5) is 17.7. The number of amides is 1. The first-order chi connectivity index (χ1) is 10.5. The van der Waals surface area contributed by atoms with E-state index in [2.05, 4.69) is 11.6 Å². The molecule has 1 aromatic heterocycles. The number of hydrogen-bond donors (Lipinski definition) is 0. The molecule has 2 rings (SSSR count). The van der Waals surface area contributed by atoms with E-state index in [0.29, 0.717) is 11.6 Å². The molecule has 1 aliphatic heterocycles. The molecule has 0 saturated carbocycles. The van der Waals surface area contributed by atoms with Gasteiger partial charge in [0.25, 0.3) is 0 Å². The van der Waals surface area contributed by atoms with Gasteiger partial charge in [0.1, 0.15) is 17.0 Å². The van der Waals surface area contributed by atoms with E-state index >= 15 is 0 Å². The molecule has 124 valence electrons. The van der Waals surface area contributed by atoms with Gasteiger partial charge in [0, 0.05) is 18.7 Å². The van der Waals surface area contributed by atoms with E-state index < -0.39 is 24.4 Å². The van der Waals surface area contributed by atoms with Gasteiger partial charge in [0.05, 0.1) is 5.76 Å². The molecule has 1 saturated heterocycles. The van der Waals surface area contributed by atoms with Gasteiger partial charge in [0.2, 0.25) is 0 Å². The molecule has 2 heterocycles. The Kier molecular flexibility index (Phi) is 4.44. The van der Waals surface area contributed by atoms with Gasteiger partial charge in [-0.05, 0) is 40.7 Å². The van der Waals surface area contributed by atoms with Crippen molar-refractivity contribution in [3.63, 3.8) is 0 Å². The standard InChI is InChI=1S/C16H23BN2O4/c1-11-16(5,6)23-17(22-11)12-8-9-13(18-10-12)19(7)14(20)21-15(2,3)4/h8-10H,1H2,2-7H3.